The van der Waals surface area contributed by atoms with E-state index >= 15 is 0 Å². The molecule has 1 aliphatic carbocycles. The second-order valence-electron chi connectivity index (χ2n) is 7.20. The van der Waals surface area contributed by atoms with Crippen molar-refractivity contribution in [3.63, 3.8) is 0 Å². The second kappa shape index (κ2) is 12.1. The van der Waals surface area contributed by atoms with E-state index in [1.165, 1.54) is 74.5 Å². The van der Waals surface area contributed by atoms with Gasteiger partial charge in [0.25, 0.3) is 0 Å². The van der Waals surface area contributed by atoms with E-state index in [-0.39, 0.29) is 0 Å². The average molecular weight is 495 g/mol. The number of aryl methyl sites for hydroxylation is 1. The Bertz CT molecular complexity index is 696. The van der Waals surface area contributed by atoms with Crippen molar-refractivity contribution in [3.05, 3.63) is 41.7 Å². The Labute approximate surface area is 182 Å². The van der Waals surface area contributed by atoms with E-state index in [4.69, 9.17) is 44.8 Å². The first-order valence-corrected chi connectivity index (χ1v) is 15.8. The standard InChI is InChI=1S/C21H29O.4ClH.Fe/c1-2-3-4-5-6-7-10-17-13-14-21-19(15-17)16-18-11-8-9-12-20(18)22-21;;;;;/h8-9,11-12,16-17H,2-7,10,13-15H2,1H3;4*1H;/q+1;;;;;+3/p-4. The Hall–Kier alpha value is 0.309. The van der Waals surface area contributed by atoms with Crippen LogP contribution in [-0.2, 0) is 22.0 Å². The first kappa shape index (κ1) is 23.6. The van der Waals surface area contributed by atoms with Crippen molar-refractivity contribution in [2.24, 2.45) is 5.92 Å². The van der Waals surface area contributed by atoms with Gasteiger partial charge in [-0.2, -0.15) is 0 Å². The molecule has 0 spiro atoms. The van der Waals surface area contributed by atoms with Crippen molar-refractivity contribution in [2.75, 3.05) is 0 Å². The fourth-order valence-electron chi connectivity index (χ4n) is 3.75. The number of fused-ring (bicyclic) bond motifs is 2. The van der Waals surface area contributed by atoms with Gasteiger partial charge < -0.3 is 0 Å². The summed E-state index contributed by atoms with van der Waals surface area (Å²) >= 11 is 0. The molecule has 155 valence electrons. The third-order valence-electron chi connectivity index (χ3n) is 5.09. The van der Waals surface area contributed by atoms with E-state index in [1.54, 1.807) is 0 Å². The van der Waals surface area contributed by atoms with Gasteiger partial charge in [0, 0.05) is 6.07 Å². The Morgan fingerprint density at radius 1 is 1.00 bits per heavy atom. The maximum absolute atomic E-state index is 6.10. The summed E-state index contributed by atoms with van der Waals surface area (Å²) in [6, 6.07) is 10.8. The molecule has 1 nitrogen and oxygen atoms in total. The summed E-state index contributed by atoms with van der Waals surface area (Å²) in [5, 5.41) is 1.25. The minimum atomic E-state index is -2.61. The Morgan fingerprint density at radius 2 is 1.67 bits per heavy atom. The number of hydrogen-bond acceptors (Lipinski definition) is 0. The van der Waals surface area contributed by atoms with Crippen molar-refractivity contribution in [3.8, 4) is 0 Å². The van der Waals surface area contributed by atoms with Crippen LogP contribution in [0, 0.1) is 5.92 Å². The summed E-state index contributed by atoms with van der Waals surface area (Å²) in [7, 11) is 17.2. The molecule has 0 radical (unpaired) electrons. The molecule has 1 heterocycles. The van der Waals surface area contributed by atoms with E-state index in [0.717, 1.165) is 17.9 Å². The van der Waals surface area contributed by atoms with Gasteiger partial charge in [-0.3, -0.25) is 0 Å². The molecule has 1 aromatic carbocycles. The molecule has 1 aliphatic rings. The normalized spacial score (nSPS) is 17.1. The van der Waals surface area contributed by atoms with E-state index < -0.39 is 9.20 Å². The summed E-state index contributed by atoms with van der Waals surface area (Å²) in [4.78, 5) is 0. The molecular formula is C21H29Cl4FeO. The maximum atomic E-state index is 6.10. The summed E-state index contributed by atoms with van der Waals surface area (Å²) < 4.78 is 6.10. The summed E-state index contributed by atoms with van der Waals surface area (Å²) in [6.45, 7) is 2.29. The molecule has 2 aromatic rings. The van der Waals surface area contributed by atoms with Gasteiger partial charge >= 0.3 is 60.9 Å². The van der Waals surface area contributed by atoms with Crippen LogP contribution in [0.3, 0.4) is 0 Å². The zero-order chi connectivity index (χ0) is 19.7. The monoisotopic (exact) mass is 493 g/mol. The molecule has 0 bridgehead atoms. The predicted molar refractivity (Wildman–Crippen MR) is 118 cm³/mol. The zero-order valence-corrected chi connectivity index (χ0v) is 19.9. The molecule has 1 atom stereocenters. The van der Waals surface area contributed by atoms with Gasteiger partial charge in [0.2, 0.25) is 0 Å². The molecule has 0 saturated heterocycles. The van der Waals surface area contributed by atoms with Gasteiger partial charge in [-0.15, -0.1) is 0 Å². The molecule has 0 saturated carbocycles. The van der Waals surface area contributed by atoms with Crippen LogP contribution in [0.1, 0.15) is 69.6 Å². The summed E-state index contributed by atoms with van der Waals surface area (Å²) in [6.07, 6.45) is 13.5. The van der Waals surface area contributed by atoms with E-state index in [0.29, 0.717) is 0 Å². The van der Waals surface area contributed by atoms with Crippen LogP contribution in [0.2, 0.25) is 0 Å². The van der Waals surface area contributed by atoms with Crippen LogP contribution in [0.25, 0.3) is 11.0 Å². The van der Waals surface area contributed by atoms with Crippen LogP contribution < -0.4 is 0 Å². The van der Waals surface area contributed by atoms with Gasteiger partial charge in [-0.25, -0.2) is 4.42 Å². The second-order valence-corrected chi connectivity index (χ2v) is 18.1. The minimum absolute atomic E-state index is 0.870. The van der Waals surface area contributed by atoms with Crippen molar-refractivity contribution >= 4 is 51.4 Å². The molecule has 0 amide bonds. The SMILES string of the molecule is CCCCCCCCC1CCc2[o+]c3ccccc3cc2C1.[Cl][Fe-]([Cl])([Cl])[Cl]. The number of benzene rings is 1. The van der Waals surface area contributed by atoms with Crippen LogP contribution in [0.4, 0.5) is 0 Å². The van der Waals surface area contributed by atoms with Crippen molar-refractivity contribution in [1.82, 2.24) is 0 Å². The Balaban J connectivity index is 0.000000465. The molecule has 0 aliphatic heterocycles. The van der Waals surface area contributed by atoms with Crippen LogP contribution in [0.5, 0.6) is 0 Å². The molecule has 0 fully saturated rings. The van der Waals surface area contributed by atoms with Gasteiger partial charge in [0.05, 0.1) is 17.4 Å². The summed E-state index contributed by atoms with van der Waals surface area (Å²) in [5.41, 5.74) is 2.50. The van der Waals surface area contributed by atoms with Gasteiger partial charge in [0.15, 0.2) is 0 Å². The average Bonchev–Trinajstić information content (AvgIpc) is 2.61. The van der Waals surface area contributed by atoms with E-state index in [1.807, 2.05) is 0 Å². The van der Waals surface area contributed by atoms with Crippen molar-refractivity contribution in [1.29, 1.82) is 0 Å². The van der Waals surface area contributed by atoms with Crippen LogP contribution >= 0.6 is 40.4 Å². The molecule has 27 heavy (non-hydrogen) atoms. The number of halogens is 4. The first-order chi connectivity index (χ1) is 12.9. The van der Waals surface area contributed by atoms with E-state index in [2.05, 4.69) is 37.3 Å². The van der Waals surface area contributed by atoms with Crippen LogP contribution in [0.15, 0.2) is 34.7 Å². The Kier molecular flexibility index (Phi) is 10.6. The molecule has 1 aromatic heterocycles. The van der Waals surface area contributed by atoms with Crippen LogP contribution in [-0.4, -0.2) is 0 Å². The topological polar surface area (TPSA) is 11.3 Å². The van der Waals surface area contributed by atoms with Gasteiger partial charge in [-0.05, 0) is 30.9 Å². The van der Waals surface area contributed by atoms with E-state index in [9.17, 15) is 0 Å². The molecule has 0 N–H and O–H groups in total. The fraction of sp³-hybridized carbons (Fsp3) is 0.571. The van der Waals surface area contributed by atoms with Crippen molar-refractivity contribution in [2.45, 2.75) is 71.1 Å². The van der Waals surface area contributed by atoms with Crippen molar-refractivity contribution < 1.29 is 13.6 Å². The molecule has 6 heteroatoms. The molecular weight excluding hydrogens is 466 g/mol. The van der Waals surface area contributed by atoms with Gasteiger partial charge in [0.1, 0.15) is 0 Å². The third-order valence-corrected chi connectivity index (χ3v) is 5.09. The number of para-hydroxylation sites is 1. The number of rotatable bonds is 7. The first-order valence-electron chi connectivity index (χ1n) is 9.74. The quantitative estimate of drug-likeness (QED) is 0.212. The number of hydrogen-bond donors (Lipinski definition) is 0. The summed E-state index contributed by atoms with van der Waals surface area (Å²) in [5.74, 6) is 2.10. The fourth-order valence-corrected chi connectivity index (χ4v) is 3.75. The number of unbranched alkanes of at least 4 members (excludes halogenated alkanes) is 5. The molecule has 3 rings (SSSR count). The zero-order valence-electron chi connectivity index (χ0n) is 15.8. The van der Waals surface area contributed by atoms with Gasteiger partial charge in [-0.1, -0.05) is 64.0 Å². The third kappa shape index (κ3) is 9.57. The Morgan fingerprint density at radius 3 is 2.41 bits per heavy atom. The predicted octanol–water partition coefficient (Wildman–Crippen LogP) is 9.32. The molecule has 1 unspecified atom stereocenters.